The van der Waals surface area contributed by atoms with Gasteiger partial charge in [-0.15, -0.1) is 0 Å². The summed E-state index contributed by atoms with van der Waals surface area (Å²) in [6, 6.07) is 4.89. The summed E-state index contributed by atoms with van der Waals surface area (Å²) < 4.78 is 25.9. The lowest BCUT2D eigenvalue weighted by molar-refractivity contribution is -0.311. The average molecular weight is 303 g/mol. The zero-order valence-corrected chi connectivity index (χ0v) is 11.7. The highest BCUT2D eigenvalue weighted by Crippen LogP contribution is 2.29. The van der Waals surface area contributed by atoms with Crippen molar-refractivity contribution in [2.75, 3.05) is 6.54 Å². The fourth-order valence-corrected chi connectivity index (χ4v) is 4.35. The number of carbonyl (C=O) groups is 1. The SMILES string of the molecule is O=C([O-])[C@@H]1CCCCN1S(=O)(=O)c1ccccc1Cl. The van der Waals surface area contributed by atoms with Crippen molar-refractivity contribution in [2.24, 2.45) is 0 Å². The molecule has 1 saturated heterocycles. The van der Waals surface area contributed by atoms with E-state index in [0.29, 0.717) is 12.8 Å². The van der Waals surface area contributed by atoms with Crippen LogP contribution in [0.25, 0.3) is 0 Å². The second-order valence-corrected chi connectivity index (χ2v) is 6.64. The zero-order chi connectivity index (χ0) is 14.0. The van der Waals surface area contributed by atoms with Crippen molar-refractivity contribution in [3.63, 3.8) is 0 Å². The molecule has 0 N–H and O–H groups in total. The maximum absolute atomic E-state index is 12.5. The number of benzene rings is 1. The number of rotatable bonds is 3. The first-order valence-electron chi connectivity index (χ1n) is 5.92. The lowest BCUT2D eigenvalue weighted by Crippen LogP contribution is -2.52. The first-order valence-corrected chi connectivity index (χ1v) is 7.73. The number of carboxylic acids is 1. The molecule has 0 saturated carbocycles. The summed E-state index contributed by atoms with van der Waals surface area (Å²) in [5.41, 5.74) is 0. The van der Waals surface area contributed by atoms with Crippen LogP contribution in [0, 0.1) is 0 Å². The Labute approximate surface area is 116 Å². The third-order valence-corrected chi connectivity index (χ3v) is 5.56. The van der Waals surface area contributed by atoms with Gasteiger partial charge in [-0.05, 0) is 25.0 Å². The van der Waals surface area contributed by atoms with Crippen molar-refractivity contribution in [1.82, 2.24) is 4.31 Å². The molecule has 1 heterocycles. The highest BCUT2D eigenvalue weighted by Gasteiger charge is 2.35. The van der Waals surface area contributed by atoms with Gasteiger partial charge >= 0.3 is 0 Å². The molecule has 0 aliphatic carbocycles. The predicted molar refractivity (Wildman–Crippen MR) is 68.0 cm³/mol. The van der Waals surface area contributed by atoms with Gasteiger partial charge in [0.25, 0.3) is 0 Å². The molecular weight excluding hydrogens is 290 g/mol. The van der Waals surface area contributed by atoms with Crippen molar-refractivity contribution in [2.45, 2.75) is 30.2 Å². The van der Waals surface area contributed by atoms with Crippen molar-refractivity contribution < 1.29 is 18.3 Å². The minimum absolute atomic E-state index is 0.0650. The van der Waals surface area contributed by atoms with Crippen LogP contribution in [-0.4, -0.2) is 31.3 Å². The molecule has 1 fully saturated rings. The molecule has 1 aliphatic heterocycles. The largest absolute Gasteiger partial charge is 0.548 e. The number of halogens is 1. The Kier molecular flexibility index (Phi) is 4.13. The van der Waals surface area contributed by atoms with Crippen molar-refractivity contribution in [3.05, 3.63) is 29.3 Å². The fourth-order valence-electron chi connectivity index (χ4n) is 2.21. The van der Waals surface area contributed by atoms with Crippen LogP contribution in [0.3, 0.4) is 0 Å². The fraction of sp³-hybridized carbons (Fsp3) is 0.417. The van der Waals surface area contributed by atoms with E-state index < -0.39 is 22.0 Å². The molecule has 0 spiro atoms. The molecule has 0 radical (unpaired) electrons. The van der Waals surface area contributed by atoms with E-state index in [-0.39, 0.29) is 22.9 Å². The van der Waals surface area contributed by atoms with Gasteiger partial charge in [0.2, 0.25) is 10.0 Å². The van der Waals surface area contributed by atoms with Crippen LogP contribution in [0.2, 0.25) is 5.02 Å². The summed E-state index contributed by atoms with van der Waals surface area (Å²) in [5, 5.41) is 11.2. The van der Waals surface area contributed by atoms with Crippen LogP contribution in [0.5, 0.6) is 0 Å². The van der Waals surface area contributed by atoms with E-state index in [9.17, 15) is 18.3 Å². The Hall–Kier alpha value is -1.11. The third kappa shape index (κ3) is 2.75. The highest BCUT2D eigenvalue weighted by atomic mass is 35.5. The first kappa shape index (κ1) is 14.3. The van der Waals surface area contributed by atoms with Gasteiger partial charge in [0, 0.05) is 6.54 Å². The quantitative estimate of drug-likeness (QED) is 0.820. The lowest BCUT2D eigenvalue weighted by atomic mass is 10.1. The molecular formula is C12H13ClNO4S-. The van der Waals surface area contributed by atoms with E-state index in [0.717, 1.165) is 4.31 Å². The molecule has 5 nitrogen and oxygen atoms in total. The van der Waals surface area contributed by atoms with Crippen LogP contribution in [0.1, 0.15) is 19.3 Å². The molecule has 7 heteroatoms. The Bertz CT molecular complexity index is 587. The number of hydrogen-bond acceptors (Lipinski definition) is 4. The number of piperidine rings is 1. The minimum atomic E-state index is -3.91. The van der Waals surface area contributed by atoms with Gasteiger partial charge in [0.1, 0.15) is 4.90 Å². The van der Waals surface area contributed by atoms with Gasteiger partial charge in [-0.3, -0.25) is 0 Å². The van der Waals surface area contributed by atoms with E-state index in [1.54, 1.807) is 12.1 Å². The van der Waals surface area contributed by atoms with Gasteiger partial charge in [-0.1, -0.05) is 30.2 Å². The van der Waals surface area contributed by atoms with Crippen LogP contribution in [0.4, 0.5) is 0 Å². The molecule has 0 amide bonds. The molecule has 1 atom stereocenters. The molecule has 2 rings (SSSR count). The number of aliphatic carboxylic acids is 1. The zero-order valence-electron chi connectivity index (χ0n) is 10.1. The standard InChI is InChI=1S/C12H14ClNO4S/c13-9-5-1-2-7-11(9)19(17,18)14-8-4-3-6-10(14)12(15)16/h1-2,5,7,10H,3-4,6,8H2,(H,15,16)/p-1/t10-/m0/s1. The maximum atomic E-state index is 12.5. The molecule has 1 aromatic rings. The Balaban J connectivity index is 2.43. The van der Waals surface area contributed by atoms with Crippen LogP contribution < -0.4 is 5.11 Å². The van der Waals surface area contributed by atoms with Gasteiger partial charge < -0.3 is 9.90 Å². The topological polar surface area (TPSA) is 77.5 Å². The minimum Gasteiger partial charge on any atom is -0.548 e. The summed E-state index contributed by atoms with van der Waals surface area (Å²) in [6.45, 7) is 0.173. The molecule has 104 valence electrons. The van der Waals surface area contributed by atoms with Crippen molar-refractivity contribution >= 4 is 27.6 Å². The lowest BCUT2D eigenvalue weighted by Gasteiger charge is -2.35. The molecule has 19 heavy (non-hydrogen) atoms. The number of hydrogen-bond donors (Lipinski definition) is 0. The predicted octanol–water partition coefficient (Wildman–Crippen LogP) is 0.633. The third-order valence-electron chi connectivity index (χ3n) is 3.15. The van der Waals surface area contributed by atoms with E-state index in [4.69, 9.17) is 11.6 Å². The monoisotopic (exact) mass is 302 g/mol. The van der Waals surface area contributed by atoms with E-state index in [1.807, 2.05) is 0 Å². The molecule has 1 aliphatic rings. The van der Waals surface area contributed by atoms with Gasteiger partial charge in [0.05, 0.1) is 17.0 Å². The number of carbonyl (C=O) groups excluding carboxylic acids is 1. The Morgan fingerprint density at radius 3 is 2.63 bits per heavy atom. The smallest absolute Gasteiger partial charge is 0.245 e. The van der Waals surface area contributed by atoms with Gasteiger partial charge in [-0.25, -0.2) is 8.42 Å². The summed E-state index contributed by atoms with van der Waals surface area (Å²) in [4.78, 5) is 11.0. The normalized spacial score (nSPS) is 21.2. The molecule has 1 aromatic carbocycles. The number of sulfonamides is 1. The second-order valence-electron chi connectivity index (χ2n) is 4.38. The summed E-state index contributed by atoms with van der Waals surface area (Å²) in [6.07, 6.45) is 1.58. The molecule has 0 bridgehead atoms. The van der Waals surface area contributed by atoms with Crippen molar-refractivity contribution in [1.29, 1.82) is 0 Å². The van der Waals surface area contributed by atoms with Crippen LogP contribution in [-0.2, 0) is 14.8 Å². The summed E-state index contributed by atoms with van der Waals surface area (Å²) in [5.74, 6) is -1.37. The van der Waals surface area contributed by atoms with E-state index in [2.05, 4.69) is 0 Å². The summed E-state index contributed by atoms with van der Waals surface area (Å²) in [7, 11) is -3.91. The van der Waals surface area contributed by atoms with Crippen LogP contribution >= 0.6 is 11.6 Å². The number of nitrogens with zero attached hydrogens (tertiary/aromatic N) is 1. The molecule has 0 unspecified atom stereocenters. The van der Waals surface area contributed by atoms with Gasteiger partial charge in [0.15, 0.2) is 0 Å². The van der Waals surface area contributed by atoms with Gasteiger partial charge in [-0.2, -0.15) is 4.31 Å². The molecule has 0 aromatic heterocycles. The van der Waals surface area contributed by atoms with E-state index >= 15 is 0 Å². The number of carboxylic acid groups (broad SMARTS) is 1. The van der Waals surface area contributed by atoms with E-state index in [1.165, 1.54) is 12.1 Å². The van der Waals surface area contributed by atoms with Crippen molar-refractivity contribution in [3.8, 4) is 0 Å². The Morgan fingerprint density at radius 2 is 2.00 bits per heavy atom. The maximum Gasteiger partial charge on any atom is 0.245 e. The Morgan fingerprint density at radius 1 is 1.32 bits per heavy atom. The summed E-state index contributed by atoms with van der Waals surface area (Å²) >= 11 is 5.89. The highest BCUT2D eigenvalue weighted by molar-refractivity contribution is 7.89. The second kappa shape index (κ2) is 5.48. The first-order chi connectivity index (χ1) is 8.94. The van der Waals surface area contributed by atoms with Crippen LogP contribution in [0.15, 0.2) is 29.2 Å². The average Bonchev–Trinajstić information content (AvgIpc) is 2.39.